The third kappa shape index (κ3) is 6.33. The second-order valence-corrected chi connectivity index (χ2v) is 12.4. The molecule has 14 heteroatoms. The number of alkyl halides is 4. The van der Waals surface area contributed by atoms with Crippen LogP contribution in [-0.4, -0.2) is 85.7 Å². The zero-order chi connectivity index (χ0) is 28.7. The van der Waals surface area contributed by atoms with Gasteiger partial charge in [0.15, 0.2) is 9.84 Å². The predicted molar refractivity (Wildman–Crippen MR) is 139 cm³/mol. The first-order chi connectivity index (χ1) is 18.9. The molecule has 5 rings (SSSR count). The summed E-state index contributed by atoms with van der Waals surface area (Å²) in [5.74, 6) is -3.73. The zero-order valence-corrected chi connectivity index (χ0v) is 22.1. The molecule has 2 aromatic rings. The van der Waals surface area contributed by atoms with Crippen LogP contribution in [0.25, 0.3) is 0 Å². The van der Waals surface area contributed by atoms with Crippen molar-refractivity contribution < 1.29 is 35.2 Å². The lowest BCUT2D eigenvalue weighted by Crippen LogP contribution is -2.55. The van der Waals surface area contributed by atoms with E-state index < -0.39 is 39.7 Å². The van der Waals surface area contributed by atoms with Crippen LogP contribution >= 0.6 is 0 Å². The first kappa shape index (κ1) is 28.1. The van der Waals surface area contributed by atoms with Crippen LogP contribution in [0.15, 0.2) is 52.7 Å². The van der Waals surface area contributed by atoms with Crippen LogP contribution in [0.5, 0.6) is 0 Å². The summed E-state index contributed by atoms with van der Waals surface area (Å²) in [6, 6.07) is 10.3. The summed E-state index contributed by atoms with van der Waals surface area (Å²) in [7, 11) is -3.25. The Hall–Kier alpha value is -3.39. The standard InChI is InChI=1S/C26H26F5N5O3S/c27-21-11-18(22-12-23(24(28)29)33-32-22)3-4-19(21)14-36(25(37)35-7-9-40(38,39)10-8-35)20-5-1-17(2-6-20)13-34-15-26(30,31)16-34/h1-6,11,24H,7-10,12-16H2. The molecule has 214 valence electrons. The van der Waals surface area contributed by atoms with Crippen molar-refractivity contribution in [1.29, 1.82) is 0 Å². The molecule has 2 amide bonds. The molecule has 0 bridgehead atoms. The average molecular weight is 584 g/mol. The van der Waals surface area contributed by atoms with Crippen molar-refractivity contribution in [3.63, 3.8) is 0 Å². The molecule has 8 nitrogen and oxygen atoms in total. The number of carbonyl (C=O) groups excluding carboxylic acids is 1. The van der Waals surface area contributed by atoms with Crippen LogP contribution < -0.4 is 4.90 Å². The fraction of sp³-hybridized carbons (Fsp3) is 0.423. The first-order valence-electron chi connectivity index (χ1n) is 12.6. The van der Waals surface area contributed by atoms with Gasteiger partial charge in [-0.3, -0.25) is 9.80 Å². The summed E-state index contributed by atoms with van der Waals surface area (Å²) in [4.78, 5) is 17.8. The maximum atomic E-state index is 15.2. The van der Waals surface area contributed by atoms with Gasteiger partial charge < -0.3 is 4.90 Å². The van der Waals surface area contributed by atoms with E-state index >= 15 is 4.39 Å². The Labute approximate surface area is 227 Å². The SMILES string of the molecule is O=C(N1CCS(=O)(=O)CC1)N(Cc1ccc(C2=NN=C(C(F)F)C2)cc1F)c1ccc(CN2CC(F)(F)C2)cc1. The number of likely N-dealkylation sites (tertiary alicyclic amines) is 1. The predicted octanol–water partition coefficient (Wildman–Crippen LogP) is 3.95. The van der Waals surface area contributed by atoms with Gasteiger partial charge in [-0.25, -0.2) is 35.2 Å². The Morgan fingerprint density at radius 1 is 1.02 bits per heavy atom. The largest absolute Gasteiger partial charge is 0.324 e. The summed E-state index contributed by atoms with van der Waals surface area (Å²) < 4.78 is 91.1. The van der Waals surface area contributed by atoms with Gasteiger partial charge in [0.25, 0.3) is 12.3 Å². The summed E-state index contributed by atoms with van der Waals surface area (Å²) in [6.07, 6.45) is -2.95. The fourth-order valence-electron chi connectivity index (χ4n) is 4.78. The molecule has 2 fully saturated rings. The van der Waals surface area contributed by atoms with Gasteiger partial charge in [-0.15, -0.1) is 0 Å². The average Bonchev–Trinajstić information content (AvgIpc) is 3.38. The summed E-state index contributed by atoms with van der Waals surface area (Å²) in [6.45, 7) is -0.551. The van der Waals surface area contributed by atoms with Gasteiger partial charge in [0.05, 0.1) is 36.9 Å². The maximum Gasteiger partial charge on any atom is 0.324 e. The summed E-state index contributed by atoms with van der Waals surface area (Å²) >= 11 is 0. The molecule has 0 spiro atoms. The van der Waals surface area contributed by atoms with Gasteiger partial charge in [0.1, 0.15) is 11.5 Å². The lowest BCUT2D eigenvalue weighted by Gasteiger charge is -2.38. The number of carbonyl (C=O) groups is 1. The number of amides is 2. The lowest BCUT2D eigenvalue weighted by atomic mass is 10.0. The molecule has 0 aliphatic carbocycles. The Balaban J connectivity index is 1.35. The van der Waals surface area contributed by atoms with Crippen molar-refractivity contribution in [1.82, 2.24) is 9.80 Å². The summed E-state index contributed by atoms with van der Waals surface area (Å²) in [5.41, 5.74) is 1.41. The van der Waals surface area contributed by atoms with E-state index in [0.29, 0.717) is 17.8 Å². The van der Waals surface area contributed by atoms with Crippen LogP contribution in [0.2, 0.25) is 0 Å². The highest BCUT2D eigenvalue weighted by Gasteiger charge is 2.43. The number of halogens is 5. The molecule has 3 aliphatic heterocycles. The number of nitrogens with zero attached hydrogens (tertiary/aromatic N) is 5. The van der Waals surface area contributed by atoms with Gasteiger partial charge in [-0.1, -0.05) is 24.3 Å². The minimum Gasteiger partial charge on any atom is -0.322 e. The van der Waals surface area contributed by atoms with Gasteiger partial charge in [-0.2, -0.15) is 10.2 Å². The normalized spacial score (nSPS) is 20.2. The third-order valence-corrected chi connectivity index (χ3v) is 8.63. The van der Waals surface area contributed by atoms with Gasteiger partial charge in [-0.05, 0) is 23.8 Å². The van der Waals surface area contributed by atoms with Crippen molar-refractivity contribution in [2.24, 2.45) is 10.2 Å². The van der Waals surface area contributed by atoms with Crippen LogP contribution in [-0.2, 0) is 22.9 Å². The molecule has 0 atom stereocenters. The van der Waals surface area contributed by atoms with E-state index in [-0.39, 0.29) is 61.9 Å². The molecule has 2 saturated heterocycles. The number of sulfone groups is 1. The Bertz CT molecular complexity index is 1440. The van der Waals surface area contributed by atoms with Gasteiger partial charge in [0.2, 0.25) is 0 Å². The molecule has 0 aromatic heterocycles. The molecule has 0 radical (unpaired) electrons. The van der Waals surface area contributed by atoms with E-state index in [1.54, 1.807) is 29.2 Å². The van der Waals surface area contributed by atoms with Crippen molar-refractivity contribution in [3.05, 3.63) is 65.0 Å². The van der Waals surface area contributed by atoms with E-state index in [2.05, 4.69) is 10.2 Å². The Morgan fingerprint density at radius 2 is 1.70 bits per heavy atom. The van der Waals surface area contributed by atoms with E-state index in [4.69, 9.17) is 0 Å². The van der Waals surface area contributed by atoms with E-state index in [9.17, 15) is 30.8 Å². The number of urea groups is 1. The number of benzene rings is 2. The molecular formula is C26H26F5N5O3S. The minimum atomic E-state index is -3.25. The topological polar surface area (TPSA) is 85.7 Å². The second kappa shape index (κ2) is 10.9. The Kier molecular flexibility index (Phi) is 7.66. The first-order valence-corrected chi connectivity index (χ1v) is 14.4. The van der Waals surface area contributed by atoms with E-state index in [1.165, 1.54) is 21.9 Å². The molecular weight excluding hydrogens is 557 g/mol. The van der Waals surface area contributed by atoms with Crippen molar-refractivity contribution >= 4 is 33.0 Å². The number of hydrogen-bond acceptors (Lipinski definition) is 6. The quantitative estimate of drug-likeness (QED) is 0.463. The van der Waals surface area contributed by atoms with Crippen molar-refractivity contribution in [2.75, 3.05) is 42.6 Å². The highest BCUT2D eigenvalue weighted by atomic mass is 32.2. The highest BCUT2D eigenvalue weighted by molar-refractivity contribution is 7.91. The van der Waals surface area contributed by atoms with Crippen LogP contribution in [0.1, 0.15) is 23.1 Å². The molecule has 0 N–H and O–H groups in total. The van der Waals surface area contributed by atoms with Crippen LogP contribution in [0.3, 0.4) is 0 Å². The van der Waals surface area contributed by atoms with E-state index in [1.807, 2.05) is 0 Å². The molecule has 0 saturated carbocycles. The van der Waals surface area contributed by atoms with Crippen molar-refractivity contribution in [3.8, 4) is 0 Å². The monoisotopic (exact) mass is 583 g/mol. The fourth-order valence-corrected chi connectivity index (χ4v) is 5.98. The van der Waals surface area contributed by atoms with Gasteiger partial charge >= 0.3 is 6.03 Å². The summed E-state index contributed by atoms with van der Waals surface area (Å²) in [5, 5.41) is 7.18. The van der Waals surface area contributed by atoms with Crippen LogP contribution in [0.4, 0.5) is 32.4 Å². The van der Waals surface area contributed by atoms with Gasteiger partial charge in [0, 0.05) is 42.9 Å². The minimum absolute atomic E-state index is 0.00731. The molecule has 2 aromatic carbocycles. The van der Waals surface area contributed by atoms with Crippen molar-refractivity contribution in [2.45, 2.75) is 31.9 Å². The van der Waals surface area contributed by atoms with Crippen LogP contribution in [0, 0.1) is 5.82 Å². The molecule has 40 heavy (non-hydrogen) atoms. The molecule has 0 unspecified atom stereocenters. The maximum absolute atomic E-state index is 15.2. The number of anilines is 1. The molecule has 3 aliphatic rings. The third-order valence-electron chi connectivity index (χ3n) is 7.02. The molecule has 3 heterocycles. The second-order valence-electron chi connectivity index (χ2n) is 10.1. The number of hydrogen-bond donors (Lipinski definition) is 0. The number of rotatable bonds is 7. The highest BCUT2D eigenvalue weighted by Crippen LogP contribution is 2.29. The zero-order valence-electron chi connectivity index (χ0n) is 21.2. The lowest BCUT2D eigenvalue weighted by molar-refractivity contribution is -0.133. The smallest absolute Gasteiger partial charge is 0.322 e. The van der Waals surface area contributed by atoms with E-state index in [0.717, 1.165) is 11.6 Å². The Morgan fingerprint density at radius 3 is 2.27 bits per heavy atom.